The monoisotopic (exact) mass is 303 g/mol. The highest BCUT2D eigenvalue weighted by atomic mass is 32.2. The van der Waals surface area contributed by atoms with E-state index in [-0.39, 0.29) is 5.75 Å². The van der Waals surface area contributed by atoms with E-state index in [0.29, 0.717) is 12.3 Å². The molecular formula is C12H21N3O2S2. The molecule has 1 aliphatic heterocycles. The first-order valence-corrected chi connectivity index (χ1v) is 9.36. The van der Waals surface area contributed by atoms with Crippen molar-refractivity contribution in [2.24, 2.45) is 0 Å². The maximum Gasteiger partial charge on any atom is 0.151 e. The van der Waals surface area contributed by atoms with Crippen LogP contribution in [-0.2, 0) is 22.9 Å². The molecule has 1 aliphatic rings. The van der Waals surface area contributed by atoms with Gasteiger partial charge in [0.05, 0.1) is 17.2 Å². The van der Waals surface area contributed by atoms with Gasteiger partial charge in [0.15, 0.2) is 9.84 Å². The van der Waals surface area contributed by atoms with Gasteiger partial charge in [-0.3, -0.25) is 4.90 Å². The molecule has 2 heterocycles. The quantitative estimate of drug-likeness (QED) is 0.874. The van der Waals surface area contributed by atoms with Gasteiger partial charge >= 0.3 is 0 Å². The van der Waals surface area contributed by atoms with Crippen molar-refractivity contribution in [3.8, 4) is 0 Å². The van der Waals surface area contributed by atoms with E-state index in [9.17, 15) is 8.42 Å². The number of aromatic nitrogens is 1. The Morgan fingerprint density at radius 3 is 3.05 bits per heavy atom. The highest BCUT2D eigenvalue weighted by molar-refractivity contribution is 7.91. The van der Waals surface area contributed by atoms with E-state index >= 15 is 0 Å². The molecule has 0 bridgehead atoms. The molecule has 5 nitrogen and oxygen atoms in total. The summed E-state index contributed by atoms with van der Waals surface area (Å²) < 4.78 is 23.1. The van der Waals surface area contributed by atoms with Gasteiger partial charge in [-0.1, -0.05) is 6.92 Å². The number of hydrogen-bond donors (Lipinski definition) is 1. The molecule has 0 aliphatic carbocycles. The first-order valence-electron chi connectivity index (χ1n) is 6.66. The lowest BCUT2D eigenvalue weighted by Gasteiger charge is -2.17. The molecule has 0 atom stereocenters. The summed E-state index contributed by atoms with van der Waals surface area (Å²) in [5, 5.41) is 6.43. The highest BCUT2D eigenvalue weighted by Gasteiger charge is 2.19. The van der Waals surface area contributed by atoms with Crippen LogP contribution in [0, 0.1) is 0 Å². The molecule has 0 aromatic carbocycles. The Labute approximate surface area is 119 Å². The maximum atomic E-state index is 11.5. The standard InChI is InChI=1S/C12H21N3O2S2/c1-2-13-8-12-14-11(10-18-12)9-15-4-3-6-19(16,17)7-5-15/h10,13H,2-9H2,1H3. The van der Waals surface area contributed by atoms with Crippen molar-refractivity contribution in [3.63, 3.8) is 0 Å². The van der Waals surface area contributed by atoms with Crippen LogP contribution in [-0.4, -0.2) is 49.4 Å². The van der Waals surface area contributed by atoms with Crippen molar-refractivity contribution in [2.45, 2.75) is 26.4 Å². The van der Waals surface area contributed by atoms with Crippen molar-refractivity contribution in [2.75, 3.05) is 31.1 Å². The largest absolute Gasteiger partial charge is 0.311 e. The molecule has 1 aromatic rings. The number of nitrogens with one attached hydrogen (secondary N) is 1. The van der Waals surface area contributed by atoms with Gasteiger partial charge in [0, 0.05) is 25.0 Å². The van der Waals surface area contributed by atoms with Crippen LogP contribution in [0.5, 0.6) is 0 Å². The zero-order valence-electron chi connectivity index (χ0n) is 11.3. The average Bonchev–Trinajstić information content (AvgIpc) is 2.73. The fraction of sp³-hybridized carbons (Fsp3) is 0.750. The van der Waals surface area contributed by atoms with Crippen LogP contribution in [0.4, 0.5) is 0 Å². The van der Waals surface area contributed by atoms with Crippen LogP contribution >= 0.6 is 11.3 Å². The predicted molar refractivity (Wildman–Crippen MR) is 78.0 cm³/mol. The Bertz CT molecular complexity index is 499. The van der Waals surface area contributed by atoms with Gasteiger partial charge in [0.25, 0.3) is 0 Å². The van der Waals surface area contributed by atoms with Crippen LogP contribution < -0.4 is 5.32 Å². The molecular weight excluding hydrogens is 282 g/mol. The summed E-state index contributed by atoms with van der Waals surface area (Å²) in [6.45, 7) is 6.07. The van der Waals surface area contributed by atoms with Crippen molar-refractivity contribution < 1.29 is 8.42 Å². The van der Waals surface area contributed by atoms with E-state index in [2.05, 4.69) is 27.5 Å². The van der Waals surface area contributed by atoms with Crippen molar-refractivity contribution >= 4 is 21.2 Å². The molecule has 19 heavy (non-hydrogen) atoms. The second kappa shape index (κ2) is 6.78. The van der Waals surface area contributed by atoms with Crippen molar-refractivity contribution in [1.29, 1.82) is 0 Å². The fourth-order valence-electron chi connectivity index (χ4n) is 2.11. The van der Waals surface area contributed by atoms with E-state index in [4.69, 9.17) is 0 Å². The zero-order valence-corrected chi connectivity index (χ0v) is 12.9. The van der Waals surface area contributed by atoms with Crippen molar-refractivity contribution in [1.82, 2.24) is 15.2 Å². The Morgan fingerprint density at radius 1 is 1.42 bits per heavy atom. The van der Waals surface area contributed by atoms with E-state index in [1.54, 1.807) is 11.3 Å². The molecule has 0 amide bonds. The van der Waals surface area contributed by atoms with Crippen molar-refractivity contribution in [3.05, 3.63) is 16.1 Å². The Morgan fingerprint density at radius 2 is 2.26 bits per heavy atom. The van der Waals surface area contributed by atoms with Crippen LogP contribution in [0.25, 0.3) is 0 Å². The zero-order chi connectivity index (χ0) is 13.7. The highest BCUT2D eigenvalue weighted by Crippen LogP contribution is 2.13. The molecule has 1 saturated heterocycles. The van der Waals surface area contributed by atoms with Gasteiger partial charge in [-0.15, -0.1) is 11.3 Å². The average molecular weight is 303 g/mol. The summed E-state index contributed by atoms with van der Waals surface area (Å²) in [5.41, 5.74) is 1.05. The smallest absolute Gasteiger partial charge is 0.151 e. The summed E-state index contributed by atoms with van der Waals surface area (Å²) in [6.07, 6.45) is 0.733. The molecule has 0 unspecified atom stereocenters. The lowest BCUT2D eigenvalue weighted by molar-refractivity contribution is 0.284. The second-order valence-corrected chi connectivity index (χ2v) is 8.04. The minimum atomic E-state index is -2.82. The summed E-state index contributed by atoms with van der Waals surface area (Å²) in [6, 6.07) is 0. The topological polar surface area (TPSA) is 62.3 Å². The Balaban J connectivity index is 1.88. The summed E-state index contributed by atoms with van der Waals surface area (Å²) in [7, 11) is -2.82. The van der Waals surface area contributed by atoms with Gasteiger partial charge in [-0.2, -0.15) is 0 Å². The SMILES string of the molecule is CCNCc1nc(CN2CCCS(=O)(=O)CC2)cs1. The number of sulfone groups is 1. The lowest BCUT2D eigenvalue weighted by atomic mass is 10.3. The summed E-state index contributed by atoms with van der Waals surface area (Å²) >= 11 is 1.66. The molecule has 2 rings (SSSR count). The minimum absolute atomic E-state index is 0.279. The number of thiazole rings is 1. The van der Waals surface area contributed by atoms with Gasteiger partial charge in [-0.25, -0.2) is 13.4 Å². The first-order chi connectivity index (χ1) is 9.09. The van der Waals surface area contributed by atoms with Gasteiger partial charge in [0.2, 0.25) is 0 Å². The predicted octanol–water partition coefficient (Wildman–Crippen LogP) is 0.873. The molecule has 1 fully saturated rings. The molecule has 1 aromatic heterocycles. The number of rotatable bonds is 5. The summed E-state index contributed by atoms with van der Waals surface area (Å²) in [4.78, 5) is 6.76. The van der Waals surface area contributed by atoms with Gasteiger partial charge < -0.3 is 5.32 Å². The third kappa shape index (κ3) is 4.83. The van der Waals surface area contributed by atoms with Crippen LogP contribution in [0.1, 0.15) is 24.0 Å². The van der Waals surface area contributed by atoms with Gasteiger partial charge in [0.1, 0.15) is 5.01 Å². The van der Waals surface area contributed by atoms with E-state index < -0.39 is 9.84 Å². The fourth-order valence-corrected chi connectivity index (χ4v) is 4.18. The molecule has 108 valence electrons. The maximum absolute atomic E-state index is 11.5. The third-order valence-electron chi connectivity index (χ3n) is 3.16. The molecule has 7 heteroatoms. The normalized spacial score (nSPS) is 20.3. The van der Waals surface area contributed by atoms with Crippen LogP contribution in [0.2, 0.25) is 0 Å². The van der Waals surface area contributed by atoms with Crippen LogP contribution in [0.15, 0.2) is 5.38 Å². The number of nitrogens with zero attached hydrogens (tertiary/aromatic N) is 2. The molecule has 0 radical (unpaired) electrons. The Hall–Kier alpha value is -0.500. The van der Waals surface area contributed by atoms with E-state index in [0.717, 1.165) is 43.3 Å². The Kier molecular flexibility index (Phi) is 5.32. The lowest BCUT2D eigenvalue weighted by Crippen LogP contribution is -2.26. The van der Waals surface area contributed by atoms with E-state index in [1.807, 2.05) is 0 Å². The molecule has 1 N–H and O–H groups in total. The molecule has 0 spiro atoms. The number of hydrogen-bond acceptors (Lipinski definition) is 6. The van der Waals surface area contributed by atoms with E-state index in [1.165, 1.54) is 0 Å². The molecule has 0 saturated carbocycles. The first kappa shape index (κ1) is 14.9. The summed E-state index contributed by atoms with van der Waals surface area (Å²) in [5.74, 6) is 0.605. The van der Waals surface area contributed by atoms with Gasteiger partial charge in [-0.05, 0) is 19.5 Å². The minimum Gasteiger partial charge on any atom is -0.311 e. The third-order valence-corrected chi connectivity index (χ3v) is 5.77. The van der Waals surface area contributed by atoms with Crippen LogP contribution in [0.3, 0.4) is 0 Å². The second-order valence-electron chi connectivity index (χ2n) is 4.79.